The fourth-order valence-electron chi connectivity index (χ4n) is 1.70. The normalized spacial score (nSPS) is 15.1. The molecule has 0 aromatic carbocycles. The molecule has 1 aliphatic carbocycles. The average molecular weight is 256 g/mol. The van der Waals surface area contributed by atoms with E-state index in [1.807, 2.05) is 13.8 Å². The van der Waals surface area contributed by atoms with Crippen LogP contribution in [0.4, 0.5) is 5.95 Å². The molecule has 0 radical (unpaired) electrons. The van der Waals surface area contributed by atoms with Crippen LogP contribution in [0.15, 0.2) is 12.3 Å². The number of aromatic nitrogens is 2. The third kappa shape index (κ3) is 3.46. The summed E-state index contributed by atoms with van der Waals surface area (Å²) < 4.78 is 5.57. The smallest absolute Gasteiger partial charge is 0.228 e. The Bertz CT molecular complexity index is 369. The van der Waals surface area contributed by atoms with Gasteiger partial charge in [0.05, 0.1) is 6.10 Å². The van der Waals surface area contributed by atoms with Crippen LogP contribution in [-0.2, 0) is 0 Å². The summed E-state index contributed by atoms with van der Waals surface area (Å²) in [5.41, 5.74) is 0. The van der Waals surface area contributed by atoms with Crippen molar-refractivity contribution in [1.29, 1.82) is 0 Å². The molecule has 1 fully saturated rings. The molecule has 17 heavy (non-hydrogen) atoms. The molecule has 0 spiro atoms. The first kappa shape index (κ1) is 12.4. The molecule has 2 rings (SSSR count). The zero-order valence-electron chi connectivity index (χ0n) is 10.3. The van der Waals surface area contributed by atoms with Gasteiger partial charge in [0.15, 0.2) is 0 Å². The molecule has 1 aliphatic rings. The first-order valence-corrected chi connectivity index (χ1v) is 6.56. The lowest BCUT2D eigenvalue weighted by Gasteiger charge is -2.21. The van der Waals surface area contributed by atoms with E-state index < -0.39 is 0 Å². The van der Waals surface area contributed by atoms with Crippen molar-refractivity contribution in [2.75, 3.05) is 17.3 Å². The molecule has 1 saturated carbocycles. The molecule has 1 heterocycles. The number of hydrogen-bond acceptors (Lipinski definition) is 4. The number of anilines is 1. The molecular weight excluding hydrogens is 238 g/mol. The quantitative estimate of drug-likeness (QED) is 0.732. The topological polar surface area (TPSA) is 38.2 Å². The lowest BCUT2D eigenvalue weighted by molar-refractivity contribution is 0.232. The zero-order chi connectivity index (χ0) is 12.3. The molecule has 0 aliphatic heterocycles. The highest BCUT2D eigenvalue weighted by Gasteiger charge is 2.30. The van der Waals surface area contributed by atoms with Crippen molar-refractivity contribution >= 4 is 17.5 Å². The van der Waals surface area contributed by atoms with Gasteiger partial charge in [0.2, 0.25) is 11.8 Å². The minimum atomic E-state index is 0.125. The summed E-state index contributed by atoms with van der Waals surface area (Å²) in [6.45, 7) is 4.76. The van der Waals surface area contributed by atoms with E-state index >= 15 is 0 Å². The second-order valence-electron chi connectivity index (χ2n) is 4.48. The molecule has 5 heteroatoms. The van der Waals surface area contributed by atoms with E-state index in [-0.39, 0.29) is 6.10 Å². The number of rotatable bonds is 6. The largest absolute Gasteiger partial charge is 0.475 e. The van der Waals surface area contributed by atoms with Crippen LogP contribution in [0.5, 0.6) is 5.88 Å². The van der Waals surface area contributed by atoms with Gasteiger partial charge in [-0.15, -0.1) is 11.6 Å². The molecule has 4 nitrogen and oxygen atoms in total. The number of halogens is 1. The molecule has 0 N–H and O–H groups in total. The highest BCUT2D eigenvalue weighted by atomic mass is 35.5. The summed E-state index contributed by atoms with van der Waals surface area (Å²) in [7, 11) is 0. The van der Waals surface area contributed by atoms with E-state index in [0.29, 0.717) is 17.8 Å². The maximum Gasteiger partial charge on any atom is 0.228 e. The third-order valence-corrected chi connectivity index (χ3v) is 2.71. The Morgan fingerprint density at radius 1 is 1.53 bits per heavy atom. The molecule has 0 amide bonds. The van der Waals surface area contributed by atoms with Gasteiger partial charge in [0.25, 0.3) is 0 Å². The number of nitrogens with zero attached hydrogens (tertiary/aromatic N) is 3. The Morgan fingerprint density at radius 2 is 2.29 bits per heavy atom. The van der Waals surface area contributed by atoms with Crippen LogP contribution in [-0.4, -0.2) is 34.5 Å². The number of alkyl halides is 1. The van der Waals surface area contributed by atoms with Crippen molar-refractivity contribution in [2.24, 2.45) is 0 Å². The first-order valence-electron chi connectivity index (χ1n) is 6.03. The minimum Gasteiger partial charge on any atom is -0.475 e. The fraction of sp³-hybridized carbons (Fsp3) is 0.667. The van der Waals surface area contributed by atoms with Gasteiger partial charge in [-0.1, -0.05) is 0 Å². The van der Waals surface area contributed by atoms with E-state index in [0.717, 1.165) is 12.5 Å². The molecule has 1 aromatic rings. The summed E-state index contributed by atoms with van der Waals surface area (Å²) in [6, 6.07) is 2.35. The van der Waals surface area contributed by atoms with E-state index in [2.05, 4.69) is 14.9 Å². The maximum absolute atomic E-state index is 5.81. The van der Waals surface area contributed by atoms with E-state index in [1.165, 1.54) is 12.8 Å². The summed E-state index contributed by atoms with van der Waals surface area (Å²) in [5, 5.41) is 0. The predicted molar refractivity (Wildman–Crippen MR) is 68.9 cm³/mol. The maximum atomic E-state index is 5.81. The minimum absolute atomic E-state index is 0.125. The standard InChI is InChI=1S/C12H18ClN3O/c1-9(2)17-11-5-7-14-12(15-11)16(8-6-13)10-3-4-10/h5,7,9-10H,3-4,6,8H2,1-2H3. The molecule has 0 atom stereocenters. The summed E-state index contributed by atoms with van der Waals surface area (Å²) in [4.78, 5) is 10.9. The van der Waals surface area contributed by atoms with Crippen LogP contribution < -0.4 is 9.64 Å². The van der Waals surface area contributed by atoms with Gasteiger partial charge >= 0.3 is 0 Å². The summed E-state index contributed by atoms with van der Waals surface area (Å²) in [6.07, 6.45) is 4.27. The fourth-order valence-corrected chi connectivity index (χ4v) is 1.88. The lowest BCUT2D eigenvalue weighted by atomic mass is 10.5. The SMILES string of the molecule is CC(C)Oc1ccnc(N(CCCl)C2CC2)n1. The van der Waals surface area contributed by atoms with Crippen LogP contribution >= 0.6 is 11.6 Å². The Hall–Kier alpha value is -1.03. The van der Waals surface area contributed by atoms with Crippen LogP contribution in [0.1, 0.15) is 26.7 Å². The van der Waals surface area contributed by atoms with Crippen LogP contribution in [0.25, 0.3) is 0 Å². The third-order valence-electron chi connectivity index (χ3n) is 2.54. The van der Waals surface area contributed by atoms with Crippen molar-refractivity contribution < 1.29 is 4.74 Å². The Labute approximate surface area is 107 Å². The van der Waals surface area contributed by atoms with Crippen molar-refractivity contribution in [2.45, 2.75) is 38.8 Å². The Balaban J connectivity index is 2.12. The number of hydrogen-bond donors (Lipinski definition) is 0. The zero-order valence-corrected chi connectivity index (χ0v) is 11.0. The average Bonchev–Trinajstić information content (AvgIpc) is 3.09. The van der Waals surface area contributed by atoms with Crippen molar-refractivity contribution in [3.63, 3.8) is 0 Å². The highest BCUT2D eigenvalue weighted by molar-refractivity contribution is 6.18. The monoisotopic (exact) mass is 255 g/mol. The molecular formula is C12H18ClN3O. The van der Waals surface area contributed by atoms with Gasteiger partial charge in [-0.05, 0) is 26.7 Å². The lowest BCUT2D eigenvalue weighted by Crippen LogP contribution is -2.29. The van der Waals surface area contributed by atoms with Crippen LogP contribution in [0, 0.1) is 0 Å². The highest BCUT2D eigenvalue weighted by Crippen LogP contribution is 2.30. The Kier molecular flexibility index (Phi) is 4.05. The molecule has 1 aromatic heterocycles. The van der Waals surface area contributed by atoms with Gasteiger partial charge < -0.3 is 9.64 Å². The van der Waals surface area contributed by atoms with Gasteiger partial charge in [-0.2, -0.15) is 4.98 Å². The second kappa shape index (κ2) is 5.54. The van der Waals surface area contributed by atoms with E-state index in [1.54, 1.807) is 12.3 Å². The van der Waals surface area contributed by atoms with Gasteiger partial charge in [0.1, 0.15) is 0 Å². The van der Waals surface area contributed by atoms with E-state index in [9.17, 15) is 0 Å². The van der Waals surface area contributed by atoms with Crippen molar-refractivity contribution in [3.05, 3.63) is 12.3 Å². The molecule has 0 unspecified atom stereocenters. The molecule has 94 valence electrons. The van der Waals surface area contributed by atoms with E-state index in [4.69, 9.17) is 16.3 Å². The number of ether oxygens (including phenoxy) is 1. The van der Waals surface area contributed by atoms with Gasteiger partial charge in [-0.3, -0.25) is 0 Å². The van der Waals surface area contributed by atoms with Crippen LogP contribution in [0.3, 0.4) is 0 Å². The molecule has 0 saturated heterocycles. The Morgan fingerprint density at radius 3 is 2.88 bits per heavy atom. The van der Waals surface area contributed by atoms with Crippen molar-refractivity contribution in [3.8, 4) is 5.88 Å². The molecule has 0 bridgehead atoms. The predicted octanol–water partition coefficient (Wildman–Crippen LogP) is 2.47. The van der Waals surface area contributed by atoms with Gasteiger partial charge in [0, 0.05) is 30.7 Å². The van der Waals surface area contributed by atoms with Gasteiger partial charge in [-0.25, -0.2) is 4.98 Å². The summed E-state index contributed by atoms with van der Waals surface area (Å²) in [5.74, 6) is 1.95. The second-order valence-corrected chi connectivity index (χ2v) is 4.85. The van der Waals surface area contributed by atoms with Crippen LogP contribution in [0.2, 0.25) is 0 Å². The summed E-state index contributed by atoms with van der Waals surface area (Å²) >= 11 is 5.81. The van der Waals surface area contributed by atoms with Crippen molar-refractivity contribution in [1.82, 2.24) is 9.97 Å². The first-order chi connectivity index (χ1) is 8.20.